The lowest BCUT2D eigenvalue weighted by atomic mass is 10.1. The van der Waals surface area contributed by atoms with Crippen LogP contribution in [0.2, 0.25) is 0 Å². The fourth-order valence-electron chi connectivity index (χ4n) is 1.83. The SMILES string of the molecule is CN(C(=O)c1cncs1)C1CCCNC1. The third kappa shape index (κ3) is 2.35. The number of carbonyl (C=O) groups is 1. The Bertz CT molecular complexity index is 319. The number of hydrogen-bond donors (Lipinski definition) is 1. The van der Waals surface area contributed by atoms with Gasteiger partial charge in [-0.1, -0.05) is 0 Å². The molecule has 1 aliphatic heterocycles. The van der Waals surface area contributed by atoms with Crippen molar-refractivity contribution in [2.75, 3.05) is 20.1 Å². The van der Waals surface area contributed by atoms with Crippen LogP contribution in [0.15, 0.2) is 11.7 Å². The Morgan fingerprint density at radius 3 is 3.20 bits per heavy atom. The normalized spacial score (nSPS) is 21.3. The lowest BCUT2D eigenvalue weighted by Crippen LogP contribution is -2.46. The number of nitrogens with zero attached hydrogens (tertiary/aromatic N) is 2. The molecule has 82 valence electrons. The number of carbonyl (C=O) groups excluding carboxylic acids is 1. The van der Waals surface area contributed by atoms with Crippen molar-refractivity contribution >= 4 is 17.2 Å². The Balaban J connectivity index is 2.00. The highest BCUT2D eigenvalue weighted by Crippen LogP contribution is 2.14. The standard InChI is InChI=1S/C10H15N3OS/c1-13(8-3-2-4-11-5-8)10(14)9-6-12-7-15-9/h6-8,11H,2-5H2,1H3. The summed E-state index contributed by atoms with van der Waals surface area (Å²) in [6, 6.07) is 0.327. The van der Waals surface area contributed by atoms with E-state index in [1.54, 1.807) is 11.7 Å². The van der Waals surface area contributed by atoms with Gasteiger partial charge in [-0.05, 0) is 19.4 Å². The van der Waals surface area contributed by atoms with Crippen LogP contribution in [-0.4, -0.2) is 42.0 Å². The maximum atomic E-state index is 12.0. The molecule has 15 heavy (non-hydrogen) atoms. The molecule has 1 N–H and O–H groups in total. The Kier molecular flexibility index (Phi) is 3.33. The topological polar surface area (TPSA) is 45.2 Å². The highest BCUT2D eigenvalue weighted by Gasteiger charge is 2.23. The van der Waals surface area contributed by atoms with Crippen molar-refractivity contribution in [1.82, 2.24) is 15.2 Å². The number of hydrogen-bond acceptors (Lipinski definition) is 4. The lowest BCUT2D eigenvalue weighted by molar-refractivity contribution is 0.0713. The van der Waals surface area contributed by atoms with Crippen LogP contribution in [0.5, 0.6) is 0 Å². The van der Waals surface area contributed by atoms with Crippen LogP contribution in [0.4, 0.5) is 0 Å². The maximum Gasteiger partial charge on any atom is 0.265 e. The van der Waals surface area contributed by atoms with Crippen LogP contribution in [-0.2, 0) is 0 Å². The van der Waals surface area contributed by atoms with Gasteiger partial charge in [-0.3, -0.25) is 9.78 Å². The van der Waals surface area contributed by atoms with E-state index in [0.29, 0.717) is 6.04 Å². The number of aromatic nitrogens is 1. The summed E-state index contributed by atoms with van der Waals surface area (Å²) >= 11 is 1.40. The molecule has 0 aromatic carbocycles. The maximum absolute atomic E-state index is 12.0. The van der Waals surface area contributed by atoms with Gasteiger partial charge >= 0.3 is 0 Å². The van der Waals surface area contributed by atoms with E-state index >= 15 is 0 Å². The number of amides is 1. The fraction of sp³-hybridized carbons (Fsp3) is 0.600. The number of nitrogens with one attached hydrogen (secondary N) is 1. The molecule has 1 unspecified atom stereocenters. The van der Waals surface area contributed by atoms with Gasteiger partial charge in [-0.15, -0.1) is 11.3 Å². The second-order valence-electron chi connectivity index (χ2n) is 3.78. The molecule has 1 aromatic heterocycles. The van der Waals surface area contributed by atoms with Crippen LogP contribution >= 0.6 is 11.3 Å². The third-order valence-corrected chi connectivity index (χ3v) is 3.54. The minimum absolute atomic E-state index is 0.0891. The summed E-state index contributed by atoms with van der Waals surface area (Å²) in [7, 11) is 1.87. The third-order valence-electron chi connectivity index (χ3n) is 2.78. The molecule has 1 atom stereocenters. The van der Waals surface area contributed by atoms with Gasteiger partial charge in [0.15, 0.2) is 0 Å². The van der Waals surface area contributed by atoms with Crippen molar-refractivity contribution in [1.29, 1.82) is 0 Å². The first-order chi connectivity index (χ1) is 7.29. The van der Waals surface area contributed by atoms with E-state index < -0.39 is 0 Å². The Morgan fingerprint density at radius 2 is 2.60 bits per heavy atom. The first-order valence-corrected chi connectivity index (χ1v) is 6.03. The van der Waals surface area contributed by atoms with Crippen LogP contribution in [0, 0.1) is 0 Å². The van der Waals surface area contributed by atoms with E-state index in [2.05, 4.69) is 10.3 Å². The van der Waals surface area contributed by atoms with Gasteiger partial charge in [0.1, 0.15) is 4.88 Å². The molecule has 0 radical (unpaired) electrons. The largest absolute Gasteiger partial charge is 0.337 e. The van der Waals surface area contributed by atoms with Gasteiger partial charge < -0.3 is 10.2 Å². The van der Waals surface area contributed by atoms with Gasteiger partial charge in [0, 0.05) is 19.6 Å². The van der Waals surface area contributed by atoms with Crippen LogP contribution in [0.25, 0.3) is 0 Å². The average Bonchev–Trinajstić information content (AvgIpc) is 2.82. The first kappa shape index (κ1) is 10.6. The van der Waals surface area contributed by atoms with E-state index in [-0.39, 0.29) is 5.91 Å². The van der Waals surface area contributed by atoms with Crippen molar-refractivity contribution in [3.63, 3.8) is 0 Å². The van der Waals surface area contributed by atoms with Gasteiger partial charge in [-0.2, -0.15) is 0 Å². The predicted molar refractivity (Wildman–Crippen MR) is 60.1 cm³/mol. The highest BCUT2D eigenvalue weighted by molar-refractivity contribution is 7.11. The fourth-order valence-corrected chi connectivity index (χ4v) is 2.43. The molecule has 1 fully saturated rings. The van der Waals surface area contributed by atoms with Crippen molar-refractivity contribution in [3.8, 4) is 0 Å². The monoisotopic (exact) mass is 225 g/mol. The van der Waals surface area contributed by atoms with Gasteiger partial charge in [0.2, 0.25) is 0 Å². The minimum Gasteiger partial charge on any atom is -0.337 e. The molecule has 0 saturated carbocycles. The number of rotatable bonds is 2. The summed E-state index contributed by atoms with van der Waals surface area (Å²) in [5.74, 6) is 0.0891. The van der Waals surface area contributed by atoms with E-state index in [1.807, 2.05) is 11.9 Å². The first-order valence-electron chi connectivity index (χ1n) is 5.15. The van der Waals surface area contributed by atoms with Crippen LogP contribution < -0.4 is 5.32 Å². The van der Waals surface area contributed by atoms with E-state index in [9.17, 15) is 4.79 Å². The molecule has 1 aromatic rings. The van der Waals surface area contributed by atoms with Gasteiger partial charge in [0.25, 0.3) is 5.91 Å². The zero-order chi connectivity index (χ0) is 10.7. The molecule has 0 spiro atoms. The Hall–Kier alpha value is -0.940. The second kappa shape index (κ2) is 4.72. The molecular formula is C10H15N3OS. The Labute approximate surface area is 93.3 Å². The van der Waals surface area contributed by atoms with Gasteiger partial charge in [-0.25, -0.2) is 0 Å². The van der Waals surface area contributed by atoms with Crippen LogP contribution in [0.3, 0.4) is 0 Å². The highest BCUT2D eigenvalue weighted by atomic mass is 32.1. The summed E-state index contributed by atoms with van der Waals surface area (Å²) in [5.41, 5.74) is 1.69. The van der Waals surface area contributed by atoms with Crippen LogP contribution in [0.1, 0.15) is 22.5 Å². The lowest BCUT2D eigenvalue weighted by Gasteiger charge is -2.31. The summed E-state index contributed by atoms with van der Waals surface area (Å²) < 4.78 is 0. The number of piperidine rings is 1. The molecule has 4 nitrogen and oxygen atoms in total. The summed E-state index contributed by atoms with van der Waals surface area (Å²) in [6.45, 7) is 1.97. The predicted octanol–water partition coefficient (Wildman–Crippen LogP) is 0.967. The summed E-state index contributed by atoms with van der Waals surface area (Å²) in [4.78, 5) is 18.5. The van der Waals surface area contributed by atoms with Gasteiger partial charge in [0.05, 0.1) is 11.7 Å². The molecule has 1 saturated heterocycles. The van der Waals surface area contributed by atoms with Crippen molar-refractivity contribution < 1.29 is 4.79 Å². The molecule has 0 bridgehead atoms. The molecule has 1 aliphatic rings. The number of thiazole rings is 1. The molecular weight excluding hydrogens is 210 g/mol. The smallest absolute Gasteiger partial charge is 0.265 e. The second-order valence-corrected chi connectivity index (χ2v) is 4.67. The summed E-state index contributed by atoms with van der Waals surface area (Å²) in [6.07, 6.45) is 3.87. The molecule has 2 rings (SSSR count). The average molecular weight is 225 g/mol. The minimum atomic E-state index is 0.0891. The Morgan fingerprint density at radius 1 is 1.73 bits per heavy atom. The molecule has 5 heteroatoms. The number of likely N-dealkylation sites (N-methyl/N-ethyl adjacent to an activating group) is 1. The molecule has 1 amide bonds. The molecule has 2 heterocycles. The molecule has 0 aliphatic carbocycles. The van der Waals surface area contributed by atoms with E-state index in [4.69, 9.17) is 0 Å². The van der Waals surface area contributed by atoms with Crippen molar-refractivity contribution in [3.05, 3.63) is 16.6 Å². The van der Waals surface area contributed by atoms with E-state index in [1.165, 1.54) is 11.3 Å². The van der Waals surface area contributed by atoms with E-state index in [0.717, 1.165) is 30.8 Å². The van der Waals surface area contributed by atoms with Crippen molar-refractivity contribution in [2.45, 2.75) is 18.9 Å². The quantitative estimate of drug-likeness (QED) is 0.815. The zero-order valence-corrected chi connectivity index (χ0v) is 9.59. The van der Waals surface area contributed by atoms with Crippen molar-refractivity contribution in [2.24, 2.45) is 0 Å². The summed E-state index contributed by atoms with van der Waals surface area (Å²) in [5, 5.41) is 3.31. The zero-order valence-electron chi connectivity index (χ0n) is 8.77.